The van der Waals surface area contributed by atoms with E-state index in [-0.39, 0.29) is 18.3 Å². The molecule has 2 rings (SSSR count). The van der Waals surface area contributed by atoms with Crippen molar-refractivity contribution in [3.63, 3.8) is 0 Å². The molecule has 0 aromatic heterocycles. The van der Waals surface area contributed by atoms with E-state index in [1.807, 2.05) is 0 Å². The Labute approximate surface area is 125 Å². The Balaban J connectivity index is 2.01. The molecule has 0 bridgehead atoms. The maximum atomic E-state index is 6.05. The van der Waals surface area contributed by atoms with Gasteiger partial charge < -0.3 is 9.31 Å². The van der Waals surface area contributed by atoms with Gasteiger partial charge in [-0.25, -0.2) is 0 Å². The molecule has 0 radical (unpaired) electrons. The Morgan fingerprint density at radius 1 is 1.05 bits per heavy atom. The van der Waals surface area contributed by atoms with E-state index in [0.29, 0.717) is 5.92 Å². The third-order valence-corrected chi connectivity index (χ3v) is 4.82. The summed E-state index contributed by atoms with van der Waals surface area (Å²) in [5.74, 6) is 0.419. The van der Waals surface area contributed by atoms with Gasteiger partial charge in [0.05, 0.1) is 11.2 Å². The quantitative estimate of drug-likeness (QED) is 0.754. The van der Waals surface area contributed by atoms with Crippen LogP contribution in [0, 0.1) is 0 Å². The van der Waals surface area contributed by atoms with Crippen molar-refractivity contribution >= 4 is 23.0 Å². The van der Waals surface area contributed by atoms with Crippen LogP contribution in [0.15, 0.2) is 28.7 Å². The molecule has 1 aromatic carbocycles. The zero-order valence-electron chi connectivity index (χ0n) is 12.4. The molecule has 2 nitrogen and oxygen atoms in total. The van der Waals surface area contributed by atoms with E-state index in [2.05, 4.69) is 74.8 Å². The van der Waals surface area contributed by atoms with Crippen LogP contribution in [-0.2, 0) is 9.31 Å². The molecular formula is C15H22BBrO2. The molecule has 19 heavy (non-hydrogen) atoms. The zero-order valence-corrected chi connectivity index (χ0v) is 14.0. The summed E-state index contributed by atoms with van der Waals surface area (Å²) in [5.41, 5.74) is 0.840. The number of rotatable bonds is 3. The van der Waals surface area contributed by atoms with E-state index in [9.17, 15) is 0 Å². The molecule has 0 saturated carbocycles. The van der Waals surface area contributed by atoms with Crippen molar-refractivity contribution in [3.8, 4) is 0 Å². The minimum atomic E-state index is -0.239. The van der Waals surface area contributed by atoms with E-state index >= 15 is 0 Å². The summed E-state index contributed by atoms with van der Waals surface area (Å²) in [4.78, 5) is 0. The highest BCUT2D eigenvalue weighted by molar-refractivity contribution is 9.10. The van der Waals surface area contributed by atoms with Gasteiger partial charge in [0.1, 0.15) is 0 Å². The Kier molecular flexibility index (Phi) is 4.15. The first-order valence-electron chi connectivity index (χ1n) is 6.82. The molecule has 1 fully saturated rings. The van der Waals surface area contributed by atoms with Gasteiger partial charge in [0.15, 0.2) is 0 Å². The molecule has 4 heteroatoms. The van der Waals surface area contributed by atoms with Gasteiger partial charge in [-0.2, -0.15) is 0 Å². The summed E-state index contributed by atoms with van der Waals surface area (Å²) in [6.07, 6.45) is 0.883. The lowest BCUT2D eigenvalue weighted by molar-refractivity contribution is 0.00578. The van der Waals surface area contributed by atoms with Crippen LogP contribution in [0.5, 0.6) is 0 Å². The summed E-state index contributed by atoms with van der Waals surface area (Å²) in [7, 11) is -0.122. The Morgan fingerprint density at radius 3 is 2.00 bits per heavy atom. The minimum absolute atomic E-state index is 0.122. The number of hydrogen-bond acceptors (Lipinski definition) is 2. The molecule has 0 amide bonds. The second kappa shape index (κ2) is 5.23. The molecule has 1 saturated heterocycles. The maximum Gasteiger partial charge on any atom is 0.458 e. The minimum Gasteiger partial charge on any atom is -0.403 e. The topological polar surface area (TPSA) is 18.5 Å². The Bertz CT molecular complexity index is 426. The molecule has 104 valence electrons. The number of halogens is 1. The SMILES string of the molecule is C[C@@H](CB1OC(C)(C)C(C)(C)O1)c1ccc(Br)cc1. The van der Waals surface area contributed by atoms with Gasteiger partial charge in [0.25, 0.3) is 0 Å². The third kappa shape index (κ3) is 3.23. The molecule has 0 spiro atoms. The van der Waals surface area contributed by atoms with Gasteiger partial charge in [0, 0.05) is 4.47 Å². The highest BCUT2D eigenvalue weighted by Crippen LogP contribution is 2.39. The van der Waals surface area contributed by atoms with Gasteiger partial charge in [-0.15, -0.1) is 0 Å². The van der Waals surface area contributed by atoms with E-state index < -0.39 is 0 Å². The van der Waals surface area contributed by atoms with Crippen LogP contribution >= 0.6 is 15.9 Å². The van der Waals surface area contributed by atoms with Gasteiger partial charge in [-0.3, -0.25) is 0 Å². The molecule has 1 heterocycles. The largest absolute Gasteiger partial charge is 0.458 e. The van der Waals surface area contributed by atoms with Gasteiger partial charge in [-0.1, -0.05) is 35.0 Å². The smallest absolute Gasteiger partial charge is 0.403 e. The summed E-state index contributed by atoms with van der Waals surface area (Å²) >= 11 is 3.46. The lowest BCUT2D eigenvalue weighted by atomic mass is 9.75. The summed E-state index contributed by atoms with van der Waals surface area (Å²) in [5, 5.41) is 0. The first-order valence-corrected chi connectivity index (χ1v) is 7.62. The first kappa shape index (κ1) is 15.1. The highest BCUT2D eigenvalue weighted by atomic mass is 79.9. The van der Waals surface area contributed by atoms with Crippen molar-refractivity contribution in [3.05, 3.63) is 34.3 Å². The van der Waals surface area contributed by atoms with Crippen LogP contribution in [0.4, 0.5) is 0 Å². The summed E-state index contributed by atoms with van der Waals surface area (Å²) < 4.78 is 13.2. The predicted octanol–water partition coefficient (Wildman–Crippen LogP) is 4.64. The molecule has 0 aliphatic carbocycles. The second-order valence-corrected chi connectivity index (χ2v) is 7.29. The Hall–Kier alpha value is -0.315. The fourth-order valence-electron chi connectivity index (χ4n) is 2.28. The van der Waals surface area contributed by atoms with Crippen molar-refractivity contribution < 1.29 is 9.31 Å². The zero-order chi connectivity index (χ0) is 14.3. The van der Waals surface area contributed by atoms with Crippen LogP contribution in [0.25, 0.3) is 0 Å². The van der Waals surface area contributed by atoms with Crippen molar-refractivity contribution in [1.82, 2.24) is 0 Å². The second-order valence-electron chi connectivity index (χ2n) is 6.37. The van der Waals surface area contributed by atoms with Crippen molar-refractivity contribution in [2.45, 2.75) is 58.1 Å². The molecular weight excluding hydrogens is 303 g/mol. The summed E-state index contributed by atoms with van der Waals surface area (Å²) in [6.45, 7) is 10.6. The molecule has 1 aliphatic heterocycles. The van der Waals surface area contributed by atoms with Crippen molar-refractivity contribution in [1.29, 1.82) is 0 Å². The molecule has 0 unspecified atom stereocenters. The van der Waals surface area contributed by atoms with Gasteiger partial charge >= 0.3 is 7.12 Å². The van der Waals surface area contributed by atoms with Gasteiger partial charge in [-0.05, 0) is 57.6 Å². The Morgan fingerprint density at radius 2 is 1.53 bits per heavy atom. The first-order chi connectivity index (χ1) is 8.71. The lowest BCUT2D eigenvalue weighted by Gasteiger charge is -2.32. The monoisotopic (exact) mass is 324 g/mol. The maximum absolute atomic E-state index is 6.05. The predicted molar refractivity (Wildman–Crippen MR) is 83.4 cm³/mol. The fraction of sp³-hybridized carbons (Fsp3) is 0.600. The van der Waals surface area contributed by atoms with Crippen molar-refractivity contribution in [2.75, 3.05) is 0 Å². The fourth-order valence-corrected chi connectivity index (χ4v) is 2.54. The lowest BCUT2D eigenvalue weighted by Crippen LogP contribution is -2.41. The van der Waals surface area contributed by atoms with E-state index in [1.165, 1.54) is 5.56 Å². The van der Waals surface area contributed by atoms with Crippen molar-refractivity contribution in [2.24, 2.45) is 0 Å². The molecule has 1 aromatic rings. The third-order valence-electron chi connectivity index (χ3n) is 4.29. The van der Waals surface area contributed by atoms with Crippen LogP contribution in [0.2, 0.25) is 6.32 Å². The molecule has 1 aliphatic rings. The average Bonchev–Trinajstić information content (AvgIpc) is 2.47. The highest BCUT2D eigenvalue weighted by Gasteiger charge is 2.51. The number of benzene rings is 1. The van der Waals surface area contributed by atoms with Crippen LogP contribution in [-0.4, -0.2) is 18.3 Å². The van der Waals surface area contributed by atoms with Crippen LogP contribution < -0.4 is 0 Å². The van der Waals surface area contributed by atoms with Gasteiger partial charge in [0.2, 0.25) is 0 Å². The normalized spacial score (nSPS) is 22.5. The van der Waals surface area contributed by atoms with E-state index in [4.69, 9.17) is 9.31 Å². The summed E-state index contributed by atoms with van der Waals surface area (Å²) in [6, 6.07) is 8.46. The van der Waals surface area contributed by atoms with E-state index in [0.717, 1.165) is 10.8 Å². The van der Waals surface area contributed by atoms with Crippen LogP contribution in [0.3, 0.4) is 0 Å². The number of hydrogen-bond donors (Lipinski definition) is 0. The van der Waals surface area contributed by atoms with E-state index in [1.54, 1.807) is 0 Å². The molecule has 0 N–H and O–H groups in total. The standard InChI is InChI=1S/C15H22BBrO2/c1-11(12-6-8-13(17)9-7-12)10-16-18-14(2,3)15(4,5)19-16/h6-9,11H,10H2,1-5H3/t11-/m0/s1. The van der Waals surface area contributed by atoms with Crippen LogP contribution in [0.1, 0.15) is 46.1 Å². The average molecular weight is 325 g/mol. The molecule has 1 atom stereocenters.